The van der Waals surface area contributed by atoms with Crippen LogP contribution in [-0.4, -0.2) is 38.6 Å². The third-order valence-electron chi connectivity index (χ3n) is 4.24. The number of nitrogens with zero attached hydrogens (tertiary/aromatic N) is 2. The van der Waals surface area contributed by atoms with Gasteiger partial charge in [-0.25, -0.2) is 4.98 Å². The van der Waals surface area contributed by atoms with Crippen molar-refractivity contribution in [2.24, 2.45) is 0 Å². The molecule has 1 atom stereocenters. The topological polar surface area (TPSA) is 66.1 Å². The van der Waals surface area contributed by atoms with Gasteiger partial charge in [-0.05, 0) is 27.2 Å². The highest BCUT2D eigenvalue weighted by Crippen LogP contribution is 2.30. The van der Waals surface area contributed by atoms with Crippen molar-refractivity contribution in [2.75, 3.05) is 6.54 Å². The number of nitrogens with one attached hydrogen (secondary N) is 1. The van der Waals surface area contributed by atoms with E-state index in [2.05, 4.69) is 9.97 Å². The van der Waals surface area contributed by atoms with E-state index in [9.17, 15) is 9.59 Å². The SMILES string of the molecule is Cc1c(-c2ccccc2)nc(SC2CCN(C(C)C)C2=O)[nH]c1=O. The Labute approximate surface area is 145 Å². The molecule has 0 radical (unpaired) electrons. The Morgan fingerprint density at radius 2 is 1.96 bits per heavy atom. The van der Waals surface area contributed by atoms with Gasteiger partial charge in [-0.15, -0.1) is 0 Å². The molecule has 1 saturated heterocycles. The van der Waals surface area contributed by atoms with E-state index in [0.717, 1.165) is 18.5 Å². The summed E-state index contributed by atoms with van der Waals surface area (Å²) in [5.74, 6) is 0.125. The Balaban J connectivity index is 1.89. The molecule has 1 amide bonds. The molecular weight excluding hydrogens is 322 g/mol. The molecule has 6 heteroatoms. The van der Waals surface area contributed by atoms with Crippen molar-refractivity contribution in [3.05, 3.63) is 46.2 Å². The van der Waals surface area contributed by atoms with Crippen molar-refractivity contribution >= 4 is 17.7 Å². The molecule has 1 aromatic carbocycles. The zero-order valence-corrected chi connectivity index (χ0v) is 14.9. The minimum Gasteiger partial charge on any atom is -0.339 e. The maximum absolute atomic E-state index is 12.4. The number of amides is 1. The zero-order valence-electron chi connectivity index (χ0n) is 14.1. The normalized spacial score (nSPS) is 17.8. The van der Waals surface area contributed by atoms with Crippen molar-refractivity contribution in [3.63, 3.8) is 0 Å². The lowest BCUT2D eigenvalue weighted by atomic mass is 10.1. The van der Waals surface area contributed by atoms with Crippen molar-refractivity contribution in [3.8, 4) is 11.3 Å². The highest BCUT2D eigenvalue weighted by atomic mass is 32.2. The van der Waals surface area contributed by atoms with Crippen molar-refractivity contribution in [1.29, 1.82) is 0 Å². The van der Waals surface area contributed by atoms with E-state index < -0.39 is 0 Å². The van der Waals surface area contributed by atoms with Gasteiger partial charge in [-0.1, -0.05) is 42.1 Å². The van der Waals surface area contributed by atoms with Crippen LogP contribution in [0.5, 0.6) is 0 Å². The van der Waals surface area contributed by atoms with Gasteiger partial charge in [0, 0.05) is 23.7 Å². The molecule has 3 rings (SSSR count). The Morgan fingerprint density at radius 3 is 2.58 bits per heavy atom. The summed E-state index contributed by atoms with van der Waals surface area (Å²) < 4.78 is 0. The van der Waals surface area contributed by atoms with Crippen LogP contribution in [0.15, 0.2) is 40.3 Å². The largest absolute Gasteiger partial charge is 0.339 e. The van der Waals surface area contributed by atoms with Gasteiger partial charge in [-0.2, -0.15) is 0 Å². The van der Waals surface area contributed by atoms with E-state index in [1.807, 2.05) is 49.1 Å². The van der Waals surface area contributed by atoms with Crippen LogP contribution in [0.3, 0.4) is 0 Å². The van der Waals surface area contributed by atoms with Gasteiger partial charge in [0.25, 0.3) is 5.56 Å². The smallest absolute Gasteiger partial charge is 0.255 e. The second-order valence-electron chi connectivity index (χ2n) is 6.23. The first-order chi connectivity index (χ1) is 11.5. The van der Waals surface area contributed by atoms with E-state index >= 15 is 0 Å². The predicted molar refractivity (Wildman–Crippen MR) is 96.1 cm³/mol. The second-order valence-corrected chi connectivity index (χ2v) is 7.42. The minimum atomic E-state index is -0.179. The molecule has 1 fully saturated rings. The summed E-state index contributed by atoms with van der Waals surface area (Å²) in [6.07, 6.45) is 0.778. The fraction of sp³-hybridized carbons (Fsp3) is 0.389. The molecule has 0 bridgehead atoms. The molecule has 1 aliphatic heterocycles. The van der Waals surface area contributed by atoms with Crippen LogP contribution in [0.1, 0.15) is 25.8 Å². The van der Waals surface area contributed by atoms with Crippen molar-refractivity contribution in [2.45, 2.75) is 43.6 Å². The van der Waals surface area contributed by atoms with Gasteiger partial charge < -0.3 is 9.88 Å². The fourth-order valence-corrected chi connectivity index (χ4v) is 3.90. The van der Waals surface area contributed by atoms with E-state index in [1.165, 1.54) is 11.8 Å². The summed E-state index contributed by atoms with van der Waals surface area (Å²) in [7, 11) is 0. The summed E-state index contributed by atoms with van der Waals surface area (Å²) in [6, 6.07) is 9.85. The number of hydrogen-bond acceptors (Lipinski definition) is 4. The van der Waals surface area contributed by atoms with Crippen LogP contribution >= 0.6 is 11.8 Å². The van der Waals surface area contributed by atoms with Gasteiger partial charge >= 0.3 is 0 Å². The number of carbonyl (C=O) groups excluding carboxylic acids is 1. The van der Waals surface area contributed by atoms with Crippen molar-refractivity contribution < 1.29 is 4.79 Å². The van der Waals surface area contributed by atoms with Crippen LogP contribution in [0.4, 0.5) is 0 Å². The maximum Gasteiger partial charge on any atom is 0.255 e. The number of H-pyrrole nitrogens is 1. The maximum atomic E-state index is 12.4. The molecular formula is C18H21N3O2S. The summed E-state index contributed by atoms with van der Waals surface area (Å²) in [6.45, 7) is 6.56. The Hall–Kier alpha value is -2.08. The summed E-state index contributed by atoms with van der Waals surface area (Å²) in [4.78, 5) is 34.0. The first kappa shape index (κ1) is 16.8. The lowest BCUT2D eigenvalue weighted by molar-refractivity contribution is -0.128. The molecule has 1 aliphatic rings. The quantitative estimate of drug-likeness (QED) is 0.867. The van der Waals surface area contributed by atoms with Gasteiger partial charge in [-0.3, -0.25) is 9.59 Å². The lowest BCUT2D eigenvalue weighted by Gasteiger charge is -2.20. The van der Waals surface area contributed by atoms with Gasteiger partial charge in [0.2, 0.25) is 5.91 Å². The third kappa shape index (κ3) is 3.24. The van der Waals surface area contributed by atoms with Gasteiger partial charge in [0.15, 0.2) is 5.16 Å². The van der Waals surface area contributed by atoms with Crippen LogP contribution in [0.2, 0.25) is 0 Å². The van der Waals surface area contributed by atoms with Crippen molar-refractivity contribution in [1.82, 2.24) is 14.9 Å². The number of benzene rings is 1. The van der Waals surface area contributed by atoms with E-state index in [4.69, 9.17) is 0 Å². The number of likely N-dealkylation sites (tertiary alicyclic amines) is 1. The Bertz CT molecular complexity index is 802. The van der Waals surface area contributed by atoms with E-state index in [1.54, 1.807) is 6.92 Å². The third-order valence-corrected chi connectivity index (χ3v) is 5.38. The summed E-state index contributed by atoms with van der Waals surface area (Å²) in [5, 5.41) is 0.329. The van der Waals surface area contributed by atoms with Gasteiger partial charge in [0.1, 0.15) is 0 Å². The molecule has 1 unspecified atom stereocenters. The number of aromatic nitrogens is 2. The molecule has 2 heterocycles. The highest BCUT2D eigenvalue weighted by molar-refractivity contribution is 8.00. The highest BCUT2D eigenvalue weighted by Gasteiger charge is 2.34. The van der Waals surface area contributed by atoms with Crippen LogP contribution < -0.4 is 5.56 Å². The molecule has 24 heavy (non-hydrogen) atoms. The monoisotopic (exact) mass is 343 g/mol. The molecule has 1 N–H and O–H groups in total. The summed E-state index contributed by atoms with van der Waals surface area (Å²) >= 11 is 1.35. The first-order valence-electron chi connectivity index (χ1n) is 8.11. The average molecular weight is 343 g/mol. The zero-order chi connectivity index (χ0) is 17.3. The molecule has 1 aromatic heterocycles. The van der Waals surface area contributed by atoms with Gasteiger partial charge in [0.05, 0.1) is 10.9 Å². The standard InChI is InChI=1S/C18H21N3O2S/c1-11(2)21-10-9-14(17(21)23)24-18-19-15(12(3)16(22)20-18)13-7-5-4-6-8-13/h4-8,11,14H,9-10H2,1-3H3,(H,19,20,22). The van der Waals surface area contributed by atoms with Crippen LogP contribution in [-0.2, 0) is 4.79 Å². The van der Waals surface area contributed by atoms with Crippen LogP contribution in [0.25, 0.3) is 11.3 Å². The van der Waals surface area contributed by atoms with E-state index in [0.29, 0.717) is 16.4 Å². The molecule has 5 nitrogen and oxygen atoms in total. The molecule has 0 aliphatic carbocycles. The average Bonchev–Trinajstić information content (AvgIpc) is 2.92. The first-order valence-corrected chi connectivity index (χ1v) is 8.99. The van der Waals surface area contributed by atoms with Crippen LogP contribution in [0, 0.1) is 6.92 Å². The summed E-state index contributed by atoms with van der Waals surface area (Å²) in [5.41, 5.74) is 2.02. The number of carbonyl (C=O) groups is 1. The Morgan fingerprint density at radius 1 is 1.25 bits per heavy atom. The van der Waals surface area contributed by atoms with E-state index in [-0.39, 0.29) is 22.8 Å². The number of thioether (sulfide) groups is 1. The number of aromatic amines is 1. The number of rotatable bonds is 4. The predicted octanol–water partition coefficient (Wildman–Crippen LogP) is 2.85. The molecule has 0 spiro atoms. The fourth-order valence-electron chi connectivity index (χ4n) is 2.88. The second kappa shape index (κ2) is 6.81. The molecule has 0 saturated carbocycles. The molecule has 2 aromatic rings. The lowest BCUT2D eigenvalue weighted by Crippen LogP contribution is -2.34. The minimum absolute atomic E-state index is 0.125. The number of hydrogen-bond donors (Lipinski definition) is 1. The molecule has 126 valence electrons. The Kier molecular flexibility index (Phi) is 4.76.